The molecule has 1 atom stereocenters. The lowest BCUT2D eigenvalue weighted by Crippen LogP contribution is -1.94. The molecule has 1 aliphatic rings. The summed E-state index contributed by atoms with van der Waals surface area (Å²) in [6, 6.07) is 4.97. The van der Waals surface area contributed by atoms with Crippen molar-refractivity contribution in [1.29, 1.82) is 0 Å². The molecule has 0 saturated heterocycles. The largest absolute Gasteiger partial charge is 0.507 e. The number of phenols is 1. The molecule has 1 N–H and O–H groups in total. The fourth-order valence-corrected chi connectivity index (χ4v) is 1.40. The number of ether oxygens (including phenoxy) is 1. The van der Waals surface area contributed by atoms with Crippen molar-refractivity contribution in [3.8, 4) is 5.75 Å². The molecule has 1 aliphatic heterocycles. The van der Waals surface area contributed by atoms with E-state index in [-0.39, 0.29) is 11.9 Å². The van der Waals surface area contributed by atoms with Gasteiger partial charge in [0.2, 0.25) is 0 Å². The van der Waals surface area contributed by atoms with Crippen molar-refractivity contribution >= 4 is 5.97 Å². The molecule has 0 aromatic heterocycles. The van der Waals surface area contributed by atoms with Gasteiger partial charge in [0.25, 0.3) is 0 Å². The quantitative estimate of drug-likeness (QED) is 0.592. The molecule has 0 amide bonds. The Labute approximate surface area is 69.6 Å². The van der Waals surface area contributed by atoms with Crippen molar-refractivity contribution in [3.05, 3.63) is 29.3 Å². The highest BCUT2D eigenvalue weighted by Crippen LogP contribution is 2.34. The van der Waals surface area contributed by atoms with Gasteiger partial charge < -0.3 is 9.84 Å². The van der Waals surface area contributed by atoms with Gasteiger partial charge in [-0.3, -0.25) is 0 Å². The van der Waals surface area contributed by atoms with E-state index in [9.17, 15) is 9.90 Å². The van der Waals surface area contributed by atoms with Gasteiger partial charge in [0.15, 0.2) is 0 Å². The molecule has 1 aromatic rings. The third kappa shape index (κ3) is 0.794. The zero-order chi connectivity index (χ0) is 8.72. The van der Waals surface area contributed by atoms with Gasteiger partial charge in [-0.05, 0) is 13.0 Å². The van der Waals surface area contributed by atoms with E-state index < -0.39 is 5.97 Å². The topological polar surface area (TPSA) is 46.5 Å². The van der Waals surface area contributed by atoms with Crippen LogP contribution in [0.3, 0.4) is 0 Å². The minimum absolute atomic E-state index is 0.00171. The van der Waals surface area contributed by atoms with E-state index in [2.05, 4.69) is 0 Å². The van der Waals surface area contributed by atoms with Gasteiger partial charge in [0.1, 0.15) is 17.4 Å². The second kappa shape index (κ2) is 2.24. The highest BCUT2D eigenvalue weighted by Gasteiger charge is 2.30. The van der Waals surface area contributed by atoms with Crippen molar-refractivity contribution in [2.45, 2.75) is 13.0 Å². The van der Waals surface area contributed by atoms with E-state index in [0.717, 1.165) is 5.56 Å². The average molecular weight is 164 g/mol. The van der Waals surface area contributed by atoms with Gasteiger partial charge in [-0.2, -0.15) is 0 Å². The lowest BCUT2D eigenvalue weighted by Gasteiger charge is -2.00. The van der Waals surface area contributed by atoms with Crippen LogP contribution in [0.2, 0.25) is 0 Å². The molecule has 3 heteroatoms. The molecule has 62 valence electrons. The van der Waals surface area contributed by atoms with Crippen molar-refractivity contribution in [2.24, 2.45) is 0 Å². The van der Waals surface area contributed by atoms with Crippen LogP contribution in [-0.4, -0.2) is 11.1 Å². The van der Waals surface area contributed by atoms with Crippen LogP contribution in [0.15, 0.2) is 18.2 Å². The lowest BCUT2D eigenvalue weighted by molar-refractivity contribution is 0.0420. The molecular weight excluding hydrogens is 156 g/mol. The first kappa shape index (κ1) is 7.16. The number of esters is 1. The van der Waals surface area contributed by atoms with E-state index in [1.807, 2.05) is 0 Å². The second-order valence-electron chi connectivity index (χ2n) is 2.79. The summed E-state index contributed by atoms with van der Waals surface area (Å²) in [6.07, 6.45) is -0.236. The second-order valence-corrected chi connectivity index (χ2v) is 2.79. The van der Waals surface area contributed by atoms with Crippen molar-refractivity contribution < 1.29 is 14.6 Å². The summed E-state index contributed by atoms with van der Waals surface area (Å²) in [6.45, 7) is 1.78. The van der Waals surface area contributed by atoms with Gasteiger partial charge in [0, 0.05) is 5.56 Å². The number of hydrogen-bond acceptors (Lipinski definition) is 3. The monoisotopic (exact) mass is 164 g/mol. The number of carbonyl (C=O) groups is 1. The van der Waals surface area contributed by atoms with Crippen molar-refractivity contribution in [2.75, 3.05) is 0 Å². The van der Waals surface area contributed by atoms with Crippen LogP contribution in [0.4, 0.5) is 0 Å². The summed E-state index contributed by atoms with van der Waals surface area (Å²) in [5.41, 5.74) is 1.07. The van der Waals surface area contributed by atoms with Crippen LogP contribution in [0.5, 0.6) is 5.75 Å². The Morgan fingerprint density at radius 1 is 1.50 bits per heavy atom. The zero-order valence-electron chi connectivity index (χ0n) is 6.57. The normalized spacial score (nSPS) is 20.4. The number of fused-ring (bicyclic) bond motifs is 1. The van der Waals surface area contributed by atoms with Crippen LogP contribution >= 0.6 is 0 Å². The average Bonchev–Trinajstić information content (AvgIpc) is 2.29. The third-order valence-electron chi connectivity index (χ3n) is 2.00. The Hall–Kier alpha value is -1.51. The Bertz CT molecular complexity index is 344. The number of cyclic esters (lactones) is 1. The summed E-state index contributed by atoms with van der Waals surface area (Å²) in [5.74, 6) is -0.433. The first-order chi connectivity index (χ1) is 5.70. The van der Waals surface area contributed by atoms with Gasteiger partial charge >= 0.3 is 5.97 Å². The fourth-order valence-electron chi connectivity index (χ4n) is 1.40. The first-order valence-corrected chi connectivity index (χ1v) is 3.73. The van der Waals surface area contributed by atoms with E-state index in [1.165, 1.54) is 6.07 Å². The standard InChI is InChI=1S/C9H8O3/c1-5-6-3-2-4-7(10)8(6)9(11)12-5/h2-5,10H,1H3/t5-/m0/s1. The zero-order valence-corrected chi connectivity index (χ0v) is 6.57. The summed E-state index contributed by atoms with van der Waals surface area (Å²) in [4.78, 5) is 11.1. The van der Waals surface area contributed by atoms with Gasteiger partial charge in [-0.15, -0.1) is 0 Å². The Balaban J connectivity index is 2.67. The number of rotatable bonds is 0. The molecule has 12 heavy (non-hydrogen) atoms. The van der Waals surface area contributed by atoms with E-state index in [4.69, 9.17) is 4.74 Å². The maximum Gasteiger partial charge on any atom is 0.342 e. The number of hydrogen-bond donors (Lipinski definition) is 1. The number of carbonyl (C=O) groups excluding carboxylic acids is 1. The smallest absolute Gasteiger partial charge is 0.342 e. The maximum absolute atomic E-state index is 11.1. The molecule has 0 spiro atoms. The molecule has 0 unspecified atom stereocenters. The van der Waals surface area contributed by atoms with Crippen LogP contribution < -0.4 is 0 Å². The van der Waals surface area contributed by atoms with Gasteiger partial charge in [0.05, 0.1) is 0 Å². The Morgan fingerprint density at radius 3 is 2.92 bits per heavy atom. The van der Waals surface area contributed by atoms with Crippen LogP contribution in [0.25, 0.3) is 0 Å². The molecule has 0 aliphatic carbocycles. The molecule has 0 bridgehead atoms. The van der Waals surface area contributed by atoms with Crippen LogP contribution in [0, 0.1) is 0 Å². The highest BCUT2D eigenvalue weighted by atomic mass is 16.5. The fraction of sp³-hybridized carbons (Fsp3) is 0.222. The summed E-state index contributed by atoms with van der Waals surface area (Å²) >= 11 is 0. The maximum atomic E-state index is 11.1. The number of benzene rings is 1. The first-order valence-electron chi connectivity index (χ1n) is 3.73. The van der Waals surface area contributed by atoms with Crippen LogP contribution in [0.1, 0.15) is 28.9 Å². The number of phenolic OH excluding ortho intramolecular Hbond substituents is 1. The summed E-state index contributed by atoms with van der Waals surface area (Å²) < 4.78 is 4.91. The molecule has 0 fully saturated rings. The molecule has 3 nitrogen and oxygen atoms in total. The van der Waals surface area contributed by atoms with Gasteiger partial charge in [-0.1, -0.05) is 12.1 Å². The predicted octanol–water partition coefficient (Wildman–Crippen LogP) is 1.62. The summed E-state index contributed by atoms with van der Waals surface area (Å²) in [7, 11) is 0. The molecule has 1 aromatic carbocycles. The molecule has 1 heterocycles. The lowest BCUT2D eigenvalue weighted by atomic mass is 10.1. The summed E-state index contributed by atoms with van der Waals surface area (Å²) in [5, 5.41) is 9.32. The van der Waals surface area contributed by atoms with Crippen molar-refractivity contribution in [1.82, 2.24) is 0 Å². The number of aromatic hydroxyl groups is 1. The van der Waals surface area contributed by atoms with E-state index >= 15 is 0 Å². The third-order valence-corrected chi connectivity index (χ3v) is 2.00. The SMILES string of the molecule is C[C@@H]1OC(=O)c2c(O)cccc21. The van der Waals surface area contributed by atoms with E-state index in [0.29, 0.717) is 5.56 Å². The molecule has 2 rings (SSSR count). The minimum Gasteiger partial charge on any atom is -0.507 e. The van der Waals surface area contributed by atoms with E-state index in [1.54, 1.807) is 19.1 Å². The minimum atomic E-state index is -0.435. The van der Waals surface area contributed by atoms with Crippen LogP contribution in [-0.2, 0) is 4.74 Å². The molecule has 0 radical (unpaired) electrons. The molecule has 0 saturated carbocycles. The van der Waals surface area contributed by atoms with Crippen molar-refractivity contribution in [3.63, 3.8) is 0 Å². The highest BCUT2D eigenvalue weighted by molar-refractivity contribution is 5.96. The van der Waals surface area contributed by atoms with Gasteiger partial charge in [-0.25, -0.2) is 4.79 Å². The molecular formula is C9H8O3. The Kier molecular flexibility index (Phi) is 1.33. The Morgan fingerprint density at radius 2 is 2.25 bits per heavy atom. The predicted molar refractivity (Wildman–Crippen MR) is 41.9 cm³/mol.